The van der Waals surface area contributed by atoms with Gasteiger partial charge in [0.05, 0.1) is 8.07 Å². The number of allylic oxidation sites excluding steroid dienone is 1. The Morgan fingerprint density at radius 2 is 2.22 bits per heavy atom. The van der Waals surface area contributed by atoms with Gasteiger partial charge in [0.1, 0.15) is 0 Å². The summed E-state index contributed by atoms with van der Waals surface area (Å²) in [6.07, 6.45) is 2.18. The molecule has 1 aliphatic rings. The molecule has 1 heterocycles. The highest BCUT2D eigenvalue weighted by Gasteiger charge is 2.48. The zero-order valence-corrected chi connectivity index (χ0v) is 8.49. The van der Waals surface area contributed by atoms with Crippen molar-refractivity contribution in [3.63, 3.8) is 0 Å². The van der Waals surface area contributed by atoms with Crippen LogP contribution in [0.25, 0.3) is 0 Å². The third-order valence-electron chi connectivity index (χ3n) is 2.71. The minimum atomic E-state index is -0.810. The molecule has 1 fully saturated rings. The summed E-state index contributed by atoms with van der Waals surface area (Å²) in [6, 6.07) is 0. The topological polar surface area (TPSA) is 0 Å². The molecule has 0 aromatic rings. The van der Waals surface area contributed by atoms with E-state index in [9.17, 15) is 0 Å². The Morgan fingerprint density at radius 3 is 2.22 bits per heavy atom. The van der Waals surface area contributed by atoms with Crippen molar-refractivity contribution in [1.82, 2.24) is 0 Å². The zero-order chi connectivity index (χ0) is 7.12. The molecule has 2 heteroatoms. The van der Waals surface area contributed by atoms with Gasteiger partial charge in [0.15, 0.2) is 0 Å². The van der Waals surface area contributed by atoms with E-state index in [4.69, 9.17) is 0 Å². The van der Waals surface area contributed by atoms with Gasteiger partial charge in [-0.3, -0.25) is 0 Å². The average Bonchev–Trinajstić information content (AvgIpc) is 1.84. The Morgan fingerprint density at radius 1 is 1.67 bits per heavy atom. The fourth-order valence-corrected chi connectivity index (χ4v) is 7.53. The third-order valence-corrected chi connectivity index (χ3v) is 13.5. The zero-order valence-electron chi connectivity index (χ0n) is 6.49. The van der Waals surface area contributed by atoms with E-state index in [-0.39, 0.29) is 0 Å². The van der Waals surface area contributed by atoms with Crippen LogP contribution in [0.2, 0.25) is 23.4 Å². The molecule has 9 heavy (non-hydrogen) atoms. The van der Waals surface area contributed by atoms with Crippen molar-refractivity contribution in [3.8, 4) is 0 Å². The summed E-state index contributed by atoms with van der Waals surface area (Å²) >= 11 is 0. The maximum absolute atomic E-state index is 3.89. The van der Waals surface area contributed by atoms with Gasteiger partial charge in [0.25, 0.3) is 0 Å². The maximum atomic E-state index is 3.89. The Kier molecular flexibility index (Phi) is 1.48. The molecule has 0 aromatic heterocycles. The van der Waals surface area contributed by atoms with Crippen LogP contribution in [0.4, 0.5) is 0 Å². The highest BCUT2D eigenvalue weighted by molar-refractivity contribution is 7.03. The summed E-state index contributed by atoms with van der Waals surface area (Å²) in [5, 5.41) is 0. The number of rotatable bonds is 1. The lowest BCUT2D eigenvalue weighted by Crippen LogP contribution is -2.54. The quantitative estimate of drug-likeness (QED) is 0.401. The SMILES string of the molecule is C=CC1(C)[Si]C[Si]1(C)C. The highest BCUT2D eigenvalue weighted by atomic mass is 28.4. The van der Waals surface area contributed by atoms with Gasteiger partial charge < -0.3 is 0 Å². The first kappa shape index (κ1) is 7.28. The first-order chi connectivity index (χ1) is 4.02. The van der Waals surface area contributed by atoms with Gasteiger partial charge in [-0.15, -0.1) is 6.58 Å². The molecule has 50 valence electrons. The van der Waals surface area contributed by atoms with Crippen LogP contribution in [-0.4, -0.2) is 17.6 Å². The van der Waals surface area contributed by atoms with Crippen molar-refractivity contribution in [2.75, 3.05) is 0 Å². The Hall–Kier alpha value is 0.174. The lowest BCUT2D eigenvalue weighted by Gasteiger charge is -2.50. The summed E-state index contributed by atoms with van der Waals surface area (Å²) in [4.78, 5) is 0. The monoisotopic (exact) mass is 154 g/mol. The summed E-state index contributed by atoms with van der Waals surface area (Å²) < 4.78 is 0.590. The van der Waals surface area contributed by atoms with Crippen molar-refractivity contribution in [2.45, 2.75) is 30.3 Å². The van der Waals surface area contributed by atoms with Crippen LogP contribution in [0, 0.1) is 0 Å². The van der Waals surface area contributed by atoms with E-state index in [0.717, 1.165) is 9.52 Å². The van der Waals surface area contributed by atoms with Gasteiger partial charge in [0.2, 0.25) is 0 Å². The normalized spacial score (nSPS) is 39.4. The second-order valence-corrected chi connectivity index (χ2v) is 11.8. The van der Waals surface area contributed by atoms with Crippen LogP contribution in [0.3, 0.4) is 0 Å². The summed E-state index contributed by atoms with van der Waals surface area (Å²) in [5.41, 5.74) is 1.52. The first-order valence-corrected chi connectivity index (χ1v) is 7.82. The van der Waals surface area contributed by atoms with Crippen LogP contribution < -0.4 is 0 Å². The van der Waals surface area contributed by atoms with E-state index in [1.807, 2.05) is 0 Å². The standard InChI is InChI=1S/C7H14Si2/c1-5-7(2)8-6-9(7,3)4/h5H,1,6H2,2-4H3. The molecule has 0 spiro atoms. The molecule has 1 aliphatic heterocycles. The van der Waals surface area contributed by atoms with Crippen molar-refractivity contribution in [3.05, 3.63) is 12.7 Å². The van der Waals surface area contributed by atoms with Gasteiger partial charge >= 0.3 is 0 Å². The predicted molar refractivity (Wildman–Crippen MR) is 46.6 cm³/mol. The fraction of sp³-hybridized carbons (Fsp3) is 0.714. The van der Waals surface area contributed by atoms with Gasteiger partial charge in [-0.2, -0.15) is 0 Å². The minimum Gasteiger partial charge on any atom is -0.103 e. The van der Waals surface area contributed by atoms with Crippen LogP contribution in [0.15, 0.2) is 12.7 Å². The number of hydrogen-bond acceptors (Lipinski definition) is 0. The predicted octanol–water partition coefficient (Wildman–Crippen LogP) is 2.27. The molecule has 1 atom stereocenters. The van der Waals surface area contributed by atoms with Crippen LogP contribution in [0.1, 0.15) is 6.92 Å². The smallest absolute Gasteiger partial charge is 0.0511 e. The van der Waals surface area contributed by atoms with Crippen molar-refractivity contribution >= 4 is 17.6 Å². The lowest BCUT2D eigenvalue weighted by atomic mass is 10.4. The van der Waals surface area contributed by atoms with Gasteiger partial charge in [-0.05, 0) is 4.66 Å². The fourth-order valence-electron chi connectivity index (χ4n) is 1.07. The second kappa shape index (κ2) is 1.83. The van der Waals surface area contributed by atoms with Crippen LogP contribution in [-0.2, 0) is 0 Å². The van der Waals surface area contributed by atoms with Crippen molar-refractivity contribution < 1.29 is 0 Å². The molecular formula is C7H14Si2. The number of hydrogen-bond donors (Lipinski definition) is 0. The van der Waals surface area contributed by atoms with E-state index >= 15 is 0 Å². The van der Waals surface area contributed by atoms with E-state index in [1.165, 1.54) is 5.67 Å². The van der Waals surface area contributed by atoms with E-state index < -0.39 is 8.07 Å². The molecule has 0 aromatic carbocycles. The van der Waals surface area contributed by atoms with E-state index in [1.54, 1.807) is 0 Å². The van der Waals surface area contributed by atoms with Crippen molar-refractivity contribution in [2.24, 2.45) is 0 Å². The molecule has 0 amide bonds. The molecule has 1 saturated heterocycles. The maximum Gasteiger partial charge on any atom is 0.0511 e. The largest absolute Gasteiger partial charge is 0.103 e. The van der Waals surface area contributed by atoms with Gasteiger partial charge in [-0.25, -0.2) is 0 Å². The molecule has 1 rings (SSSR count). The highest BCUT2D eigenvalue weighted by Crippen LogP contribution is 2.49. The Labute approximate surface area is 61.2 Å². The lowest BCUT2D eigenvalue weighted by molar-refractivity contribution is 0.957. The third kappa shape index (κ3) is 0.847. The molecule has 2 radical (unpaired) electrons. The first-order valence-electron chi connectivity index (χ1n) is 3.40. The minimum absolute atomic E-state index is 0.590. The summed E-state index contributed by atoms with van der Waals surface area (Å²) in [5.74, 6) is 0. The Balaban J connectivity index is 2.73. The second-order valence-electron chi connectivity index (χ2n) is 3.64. The molecule has 0 bridgehead atoms. The average molecular weight is 154 g/mol. The molecule has 0 N–H and O–H groups in total. The molecule has 0 aliphatic carbocycles. The Bertz CT molecular complexity index is 140. The van der Waals surface area contributed by atoms with Crippen molar-refractivity contribution in [1.29, 1.82) is 0 Å². The van der Waals surface area contributed by atoms with Crippen LogP contribution in [0.5, 0.6) is 0 Å². The molecule has 0 saturated carbocycles. The van der Waals surface area contributed by atoms with E-state index in [0.29, 0.717) is 4.66 Å². The summed E-state index contributed by atoms with van der Waals surface area (Å²) in [7, 11) is 0.350. The molecule has 0 nitrogen and oxygen atoms in total. The molecular weight excluding hydrogens is 140 g/mol. The van der Waals surface area contributed by atoms with E-state index in [2.05, 4.69) is 32.7 Å². The van der Waals surface area contributed by atoms with Gasteiger partial charge in [-0.1, -0.05) is 31.8 Å². The molecule has 1 unspecified atom stereocenters. The van der Waals surface area contributed by atoms with Gasteiger partial charge in [0, 0.05) is 9.52 Å². The summed E-state index contributed by atoms with van der Waals surface area (Å²) in [6.45, 7) is 11.2. The van der Waals surface area contributed by atoms with Crippen LogP contribution >= 0.6 is 0 Å².